The van der Waals surface area contributed by atoms with Crippen molar-refractivity contribution in [3.05, 3.63) is 16.1 Å². The molecule has 0 N–H and O–H groups in total. The molecule has 1 aromatic heterocycles. The summed E-state index contributed by atoms with van der Waals surface area (Å²) in [6.07, 6.45) is 1.57. The van der Waals surface area contributed by atoms with Crippen LogP contribution in [0.4, 0.5) is 0 Å². The van der Waals surface area contributed by atoms with E-state index in [1.807, 2.05) is 12.3 Å². The fourth-order valence-corrected chi connectivity index (χ4v) is 4.74. The molecule has 0 aliphatic carbocycles. The molecule has 1 aromatic rings. The third-order valence-electron chi connectivity index (χ3n) is 3.37. The van der Waals surface area contributed by atoms with Gasteiger partial charge >= 0.3 is 0 Å². The molecule has 19 heavy (non-hydrogen) atoms. The summed E-state index contributed by atoms with van der Waals surface area (Å²) in [5, 5.41) is 2.92. The number of carbonyl (C=O) groups excluding carboxylic acids is 1. The SMILES string of the molecule is Cc1csc(CCC(=O)N(C)C2CCS(=O)(=O)C2)n1. The van der Waals surface area contributed by atoms with Gasteiger partial charge in [-0.05, 0) is 13.3 Å². The van der Waals surface area contributed by atoms with Crippen LogP contribution >= 0.6 is 11.3 Å². The second kappa shape index (κ2) is 5.58. The molecular weight excluding hydrogens is 284 g/mol. The number of amides is 1. The molecule has 2 heterocycles. The number of carbonyl (C=O) groups is 1. The average Bonchev–Trinajstić information content (AvgIpc) is 2.91. The number of sulfone groups is 1. The number of aryl methyl sites for hydroxylation is 2. The van der Waals surface area contributed by atoms with Crippen molar-refractivity contribution >= 4 is 27.1 Å². The van der Waals surface area contributed by atoms with E-state index in [1.165, 1.54) is 0 Å². The van der Waals surface area contributed by atoms with E-state index in [1.54, 1.807) is 23.3 Å². The lowest BCUT2D eigenvalue weighted by Crippen LogP contribution is -2.37. The van der Waals surface area contributed by atoms with Crippen LogP contribution in [0.2, 0.25) is 0 Å². The van der Waals surface area contributed by atoms with Crippen molar-refractivity contribution < 1.29 is 13.2 Å². The molecule has 1 aliphatic heterocycles. The lowest BCUT2D eigenvalue weighted by atomic mass is 10.2. The third-order valence-corrected chi connectivity index (χ3v) is 6.15. The quantitative estimate of drug-likeness (QED) is 0.833. The minimum Gasteiger partial charge on any atom is -0.342 e. The summed E-state index contributed by atoms with van der Waals surface area (Å²) in [7, 11) is -1.25. The highest BCUT2D eigenvalue weighted by molar-refractivity contribution is 7.91. The number of nitrogens with zero attached hydrogens (tertiary/aromatic N) is 2. The van der Waals surface area contributed by atoms with Crippen LogP contribution in [0.1, 0.15) is 23.5 Å². The zero-order valence-electron chi connectivity index (χ0n) is 11.1. The maximum atomic E-state index is 12.0. The molecule has 1 fully saturated rings. The number of hydrogen-bond acceptors (Lipinski definition) is 5. The van der Waals surface area contributed by atoms with E-state index in [0.29, 0.717) is 19.3 Å². The van der Waals surface area contributed by atoms with Crippen LogP contribution in [0.15, 0.2) is 5.38 Å². The Hall–Kier alpha value is -0.950. The zero-order chi connectivity index (χ0) is 14.0. The molecule has 0 aromatic carbocycles. The summed E-state index contributed by atoms with van der Waals surface area (Å²) >= 11 is 1.56. The van der Waals surface area contributed by atoms with Crippen molar-refractivity contribution in [1.29, 1.82) is 0 Å². The summed E-state index contributed by atoms with van der Waals surface area (Å²) in [4.78, 5) is 17.9. The zero-order valence-corrected chi connectivity index (χ0v) is 12.8. The van der Waals surface area contributed by atoms with Crippen molar-refractivity contribution in [2.45, 2.75) is 32.2 Å². The van der Waals surface area contributed by atoms with E-state index in [0.717, 1.165) is 10.7 Å². The summed E-state index contributed by atoms with van der Waals surface area (Å²) in [5.74, 6) is 0.294. The van der Waals surface area contributed by atoms with Crippen molar-refractivity contribution in [1.82, 2.24) is 9.88 Å². The van der Waals surface area contributed by atoms with Crippen molar-refractivity contribution in [3.63, 3.8) is 0 Å². The molecule has 0 bridgehead atoms. The molecule has 5 nitrogen and oxygen atoms in total. The molecule has 2 rings (SSSR count). The Morgan fingerprint density at radius 1 is 1.58 bits per heavy atom. The molecule has 0 saturated carbocycles. The molecule has 0 radical (unpaired) electrons. The minimum atomic E-state index is -2.94. The topological polar surface area (TPSA) is 67.3 Å². The fourth-order valence-electron chi connectivity index (χ4n) is 2.19. The molecule has 1 amide bonds. The maximum Gasteiger partial charge on any atom is 0.223 e. The van der Waals surface area contributed by atoms with Gasteiger partial charge in [0.15, 0.2) is 9.84 Å². The van der Waals surface area contributed by atoms with Crippen LogP contribution in [-0.2, 0) is 21.1 Å². The van der Waals surface area contributed by atoms with Gasteiger partial charge < -0.3 is 4.90 Å². The Balaban J connectivity index is 1.86. The second-order valence-electron chi connectivity index (χ2n) is 4.94. The molecule has 1 saturated heterocycles. The van der Waals surface area contributed by atoms with Crippen LogP contribution in [-0.4, -0.2) is 48.8 Å². The maximum absolute atomic E-state index is 12.0. The van der Waals surface area contributed by atoms with Gasteiger partial charge in [0.1, 0.15) is 0 Å². The standard InChI is InChI=1S/C12H18N2O3S2/c1-9-7-18-11(13-9)3-4-12(15)14(2)10-5-6-19(16,17)8-10/h7,10H,3-6,8H2,1-2H3. The normalized spacial score (nSPS) is 21.5. The van der Waals surface area contributed by atoms with Crippen molar-refractivity contribution in [3.8, 4) is 0 Å². The molecular formula is C12H18N2O3S2. The van der Waals surface area contributed by atoms with Gasteiger partial charge in [0.05, 0.1) is 16.5 Å². The van der Waals surface area contributed by atoms with Crippen LogP contribution in [0.3, 0.4) is 0 Å². The molecule has 0 spiro atoms. The van der Waals surface area contributed by atoms with Gasteiger partial charge in [0.2, 0.25) is 5.91 Å². The summed E-state index contributed by atoms with van der Waals surface area (Å²) in [6, 6.07) is -0.157. The first-order valence-electron chi connectivity index (χ1n) is 6.24. The Morgan fingerprint density at radius 2 is 2.32 bits per heavy atom. The molecule has 1 atom stereocenters. The van der Waals surface area contributed by atoms with Gasteiger partial charge in [0, 0.05) is 37.0 Å². The lowest BCUT2D eigenvalue weighted by Gasteiger charge is -2.23. The highest BCUT2D eigenvalue weighted by Crippen LogP contribution is 2.18. The molecule has 7 heteroatoms. The van der Waals surface area contributed by atoms with E-state index in [-0.39, 0.29) is 23.5 Å². The Bertz CT molecular complexity index is 565. The van der Waals surface area contributed by atoms with E-state index in [9.17, 15) is 13.2 Å². The largest absolute Gasteiger partial charge is 0.342 e. The minimum absolute atomic E-state index is 0.00467. The smallest absolute Gasteiger partial charge is 0.223 e. The molecule has 106 valence electrons. The number of aromatic nitrogens is 1. The van der Waals surface area contributed by atoms with Gasteiger partial charge in [-0.1, -0.05) is 0 Å². The predicted octanol–water partition coefficient (Wildman–Crippen LogP) is 1.03. The Kier molecular flexibility index (Phi) is 4.25. The molecule has 1 unspecified atom stereocenters. The van der Waals surface area contributed by atoms with Crippen molar-refractivity contribution in [2.75, 3.05) is 18.6 Å². The van der Waals surface area contributed by atoms with E-state index in [4.69, 9.17) is 0 Å². The highest BCUT2D eigenvalue weighted by Gasteiger charge is 2.32. The first-order valence-corrected chi connectivity index (χ1v) is 8.94. The van der Waals surface area contributed by atoms with E-state index < -0.39 is 9.84 Å². The van der Waals surface area contributed by atoms with Crippen molar-refractivity contribution in [2.24, 2.45) is 0 Å². The van der Waals surface area contributed by atoms with Gasteiger partial charge in [-0.2, -0.15) is 0 Å². The lowest BCUT2D eigenvalue weighted by molar-refractivity contribution is -0.131. The number of hydrogen-bond donors (Lipinski definition) is 0. The van der Waals surface area contributed by atoms with Crippen LogP contribution in [0.25, 0.3) is 0 Å². The van der Waals surface area contributed by atoms with Crippen LogP contribution in [0.5, 0.6) is 0 Å². The average molecular weight is 302 g/mol. The summed E-state index contributed by atoms with van der Waals surface area (Å²) in [5.41, 5.74) is 0.975. The van der Waals surface area contributed by atoms with E-state index in [2.05, 4.69) is 4.98 Å². The number of thiazole rings is 1. The summed E-state index contributed by atoms with van der Waals surface area (Å²) < 4.78 is 22.8. The van der Waals surface area contributed by atoms with E-state index >= 15 is 0 Å². The first-order chi connectivity index (χ1) is 8.87. The predicted molar refractivity (Wildman–Crippen MR) is 75.0 cm³/mol. The Morgan fingerprint density at radius 3 is 2.84 bits per heavy atom. The van der Waals surface area contributed by atoms with Gasteiger partial charge in [-0.25, -0.2) is 13.4 Å². The van der Waals surface area contributed by atoms with Crippen LogP contribution < -0.4 is 0 Å². The highest BCUT2D eigenvalue weighted by atomic mass is 32.2. The second-order valence-corrected chi connectivity index (χ2v) is 8.12. The van der Waals surface area contributed by atoms with Gasteiger partial charge in [0.25, 0.3) is 0 Å². The fraction of sp³-hybridized carbons (Fsp3) is 0.667. The monoisotopic (exact) mass is 302 g/mol. The van der Waals surface area contributed by atoms with Gasteiger partial charge in [-0.3, -0.25) is 4.79 Å². The van der Waals surface area contributed by atoms with Gasteiger partial charge in [-0.15, -0.1) is 11.3 Å². The molecule has 1 aliphatic rings. The first kappa shape index (κ1) is 14.5. The Labute approximate surface area is 117 Å². The summed E-state index contributed by atoms with van der Waals surface area (Å²) in [6.45, 7) is 1.93. The third kappa shape index (κ3) is 3.76. The number of rotatable bonds is 4. The van der Waals surface area contributed by atoms with Crippen LogP contribution in [0, 0.1) is 6.92 Å².